The van der Waals surface area contributed by atoms with E-state index < -0.39 is 5.97 Å². The Hall–Kier alpha value is -1.10. The number of hydrogen-bond acceptors (Lipinski definition) is 2. The minimum absolute atomic E-state index is 0.0289. The van der Waals surface area contributed by atoms with Crippen LogP contribution in [-0.2, 0) is 4.79 Å². The fourth-order valence-corrected chi connectivity index (χ4v) is 1.99. The Bertz CT molecular complexity index is 390. The van der Waals surface area contributed by atoms with Crippen LogP contribution in [0.1, 0.15) is 32.1 Å². The van der Waals surface area contributed by atoms with E-state index in [2.05, 4.69) is 20.9 Å². The monoisotopic (exact) mass is 301 g/mol. The first kappa shape index (κ1) is 14.0. The zero-order chi connectivity index (χ0) is 12.7. The lowest BCUT2D eigenvalue weighted by Crippen LogP contribution is -2.16. The third-order valence-electron chi connectivity index (χ3n) is 2.70. The molecule has 1 aliphatic carbocycles. The van der Waals surface area contributed by atoms with Crippen LogP contribution in [0.5, 0.6) is 0 Å². The molecule has 0 amide bonds. The molecule has 2 rings (SSSR count). The van der Waals surface area contributed by atoms with Gasteiger partial charge in [0.1, 0.15) is 0 Å². The van der Waals surface area contributed by atoms with Crippen molar-refractivity contribution in [1.29, 1.82) is 0 Å². The summed E-state index contributed by atoms with van der Waals surface area (Å²) in [6.07, 6.45) is 6.84. The standard InChI is InChI=1S/C7H12O2.C5H4BrNO/c8-7(9)6-4-2-1-3-5-6;6-4-1-2-5(8)7-3-4/h6H,1-5H2,(H,8,9);1-3H,(H,7,8). The van der Waals surface area contributed by atoms with Gasteiger partial charge in [0.2, 0.25) is 5.56 Å². The fraction of sp³-hybridized carbons (Fsp3) is 0.500. The summed E-state index contributed by atoms with van der Waals surface area (Å²) < 4.78 is 0.886. The van der Waals surface area contributed by atoms with Crippen molar-refractivity contribution in [3.8, 4) is 0 Å². The summed E-state index contributed by atoms with van der Waals surface area (Å²) in [5.74, 6) is -0.631. The molecule has 94 valence electrons. The molecule has 1 aromatic rings. The van der Waals surface area contributed by atoms with Crippen molar-refractivity contribution in [2.75, 3.05) is 0 Å². The molecule has 0 bridgehead atoms. The number of nitrogens with one attached hydrogen (secondary N) is 1. The molecule has 0 aliphatic heterocycles. The number of halogens is 1. The van der Waals surface area contributed by atoms with Gasteiger partial charge in [-0.25, -0.2) is 0 Å². The highest BCUT2D eigenvalue weighted by molar-refractivity contribution is 9.10. The number of H-pyrrole nitrogens is 1. The minimum Gasteiger partial charge on any atom is -0.481 e. The Kier molecular flexibility index (Phi) is 5.97. The number of hydrogen-bond donors (Lipinski definition) is 2. The maximum absolute atomic E-state index is 10.4. The molecule has 5 heteroatoms. The molecule has 0 unspecified atom stereocenters. The van der Waals surface area contributed by atoms with Gasteiger partial charge in [0.05, 0.1) is 5.92 Å². The molecule has 17 heavy (non-hydrogen) atoms. The van der Waals surface area contributed by atoms with Crippen LogP contribution in [0.2, 0.25) is 0 Å². The summed E-state index contributed by atoms with van der Waals surface area (Å²) in [4.78, 5) is 23.2. The van der Waals surface area contributed by atoms with Crippen molar-refractivity contribution in [2.45, 2.75) is 32.1 Å². The van der Waals surface area contributed by atoms with Crippen LogP contribution in [0, 0.1) is 5.92 Å². The summed E-state index contributed by atoms with van der Waals surface area (Å²) in [6.45, 7) is 0. The quantitative estimate of drug-likeness (QED) is 0.838. The van der Waals surface area contributed by atoms with Gasteiger partial charge in [-0.05, 0) is 34.8 Å². The summed E-state index contributed by atoms with van der Waals surface area (Å²) in [5, 5.41) is 8.54. The van der Waals surface area contributed by atoms with Crippen molar-refractivity contribution < 1.29 is 9.90 Å². The zero-order valence-electron chi connectivity index (χ0n) is 9.49. The van der Waals surface area contributed by atoms with Crippen LogP contribution in [0.3, 0.4) is 0 Å². The predicted molar refractivity (Wildman–Crippen MR) is 69.0 cm³/mol. The molecule has 0 saturated heterocycles. The summed E-state index contributed by atoms with van der Waals surface area (Å²) in [6, 6.07) is 3.16. The molecule has 0 atom stereocenters. The van der Waals surface area contributed by atoms with Gasteiger partial charge in [-0.2, -0.15) is 0 Å². The van der Waals surface area contributed by atoms with E-state index in [1.807, 2.05) is 0 Å². The summed E-state index contributed by atoms with van der Waals surface area (Å²) >= 11 is 3.18. The Labute approximate surface area is 108 Å². The third kappa shape index (κ3) is 5.68. The highest BCUT2D eigenvalue weighted by Gasteiger charge is 2.19. The van der Waals surface area contributed by atoms with Crippen molar-refractivity contribution in [2.24, 2.45) is 5.92 Å². The average Bonchev–Trinajstić information content (AvgIpc) is 2.35. The molecule has 4 nitrogen and oxygen atoms in total. The molecule has 0 spiro atoms. The molecule has 1 heterocycles. The first-order chi connectivity index (χ1) is 8.09. The predicted octanol–water partition coefficient (Wildman–Crippen LogP) is 2.79. The number of aromatic amines is 1. The summed E-state index contributed by atoms with van der Waals surface area (Å²) in [7, 11) is 0. The van der Waals surface area contributed by atoms with E-state index in [1.165, 1.54) is 12.5 Å². The summed E-state index contributed by atoms with van der Waals surface area (Å²) in [5.41, 5.74) is -0.0757. The molecule has 1 aliphatic rings. The number of carboxylic acids is 1. The van der Waals surface area contributed by atoms with Gasteiger partial charge in [0.15, 0.2) is 0 Å². The van der Waals surface area contributed by atoms with E-state index >= 15 is 0 Å². The molecular weight excluding hydrogens is 286 g/mol. The van der Waals surface area contributed by atoms with Gasteiger partial charge >= 0.3 is 5.97 Å². The van der Waals surface area contributed by atoms with Crippen LogP contribution in [-0.4, -0.2) is 16.1 Å². The molecule has 0 aromatic carbocycles. The van der Waals surface area contributed by atoms with E-state index in [0.717, 1.165) is 30.2 Å². The lowest BCUT2D eigenvalue weighted by Gasteiger charge is -2.16. The van der Waals surface area contributed by atoms with Crippen molar-refractivity contribution in [1.82, 2.24) is 4.98 Å². The highest BCUT2D eigenvalue weighted by atomic mass is 79.9. The van der Waals surface area contributed by atoms with Gasteiger partial charge < -0.3 is 10.1 Å². The largest absolute Gasteiger partial charge is 0.481 e. The van der Waals surface area contributed by atoms with E-state index in [-0.39, 0.29) is 11.5 Å². The van der Waals surface area contributed by atoms with Crippen molar-refractivity contribution in [3.05, 3.63) is 33.2 Å². The fourth-order valence-electron chi connectivity index (χ4n) is 1.74. The number of pyridine rings is 1. The van der Waals surface area contributed by atoms with Crippen LogP contribution >= 0.6 is 15.9 Å². The molecular formula is C12H16BrNO3. The average molecular weight is 302 g/mol. The third-order valence-corrected chi connectivity index (χ3v) is 3.19. The van der Waals surface area contributed by atoms with Gasteiger partial charge in [0, 0.05) is 16.7 Å². The molecule has 2 N–H and O–H groups in total. The Morgan fingerprint density at radius 1 is 1.29 bits per heavy atom. The molecule has 0 radical (unpaired) electrons. The van der Waals surface area contributed by atoms with E-state index in [0.29, 0.717) is 0 Å². The number of aliphatic carboxylic acids is 1. The Morgan fingerprint density at radius 2 is 1.94 bits per heavy atom. The molecule has 1 saturated carbocycles. The second-order valence-electron chi connectivity index (χ2n) is 4.04. The topological polar surface area (TPSA) is 70.2 Å². The molecule has 1 fully saturated rings. The zero-order valence-corrected chi connectivity index (χ0v) is 11.1. The molecule has 1 aromatic heterocycles. The van der Waals surface area contributed by atoms with Crippen LogP contribution < -0.4 is 5.56 Å². The van der Waals surface area contributed by atoms with Crippen molar-refractivity contribution >= 4 is 21.9 Å². The van der Waals surface area contributed by atoms with Gasteiger partial charge in [0.25, 0.3) is 0 Å². The first-order valence-electron chi connectivity index (χ1n) is 5.66. The number of rotatable bonds is 1. The maximum Gasteiger partial charge on any atom is 0.306 e. The SMILES string of the molecule is O=C(O)C1CCCCC1.O=c1ccc(Br)c[nH]1. The lowest BCUT2D eigenvalue weighted by molar-refractivity contribution is -0.142. The van der Waals surface area contributed by atoms with E-state index in [1.54, 1.807) is 12.3 Å². The maximum atomic E-state index is 10.4. The van der Waals surface area contributed by atoms with Crippen molar-refractivity contribution in [3.63, 3.8) is 0 Å². The minimum atomic E-state index is -0.602. The number of carboxylic acid groups (broad SMARTS) is 1. The van der Waals surface area contributed by atoms with Gasteiger partial charge in [-0.3, -0.25) is 9.59 Å². The lowest BCUT2D eigenvalue weighted by atomic mass is 9.90. The first-order valence-corrected chi connectivity index (χ1v) is 6.46. The highest BCUT2D eigenvalue weighted by Crippen LogP contribution is 2.23. The van der Waals surface area contributed by atoms with Crippen LogP contribution in [0.25, 0.3) is 0 Å². The smallest absolute Gasteiger partial charge is 0.306 e. The normalized spacial score (nSPS) is 15.8. The van der Waals surface area contributed by atoms with Gasteiger partial charge in [-0.15, -0.1) is 0 Å². The van der Waals surface area contributed by atoms with Crippen LogP contribution in [0.15, 0.2) is 27.6 Å². The van der Waals surface area contributed by atoms with E-state index in [9.17, 15) is 9.59 Å². The van der Waals surface area contributed by atoms with Crippen LogP contribution in [0.4, 0.5) is 0 Å². The second-order valence-corrected chi connectivity index (χ2v) is 4.96. The van der Waals surface area contributed by atoms with E-state index in [4.69, 9.17) is 5.11 Å². The Balaban J connectivity index is 0.000000171. The number of aromatic nitrogens is 1. The van der Waals surface area contributed by atoms with Gasteiger partial charge in [-0.1, -0.05) is 19.3 Å². The second kappa shape index (κ2) is 7.27. The Morgan fingerprint density at radius 3 is 2.29 bits per heavy atom. The number of carbonyl (C=O) groups is 1.